The van der Waals surface area contributed by atoms with Crippen molar-refractivity contribution in [1.82, 2.24) is 0 Å². The number of benzene rings is 2. The first kappa shape index (κ1) is 15.1. The second-order valence-electron chi connectivity index (χ2n) is 4.45. The maximum absolute atomic E-state index is 12.2. The third-order valence-electron chi connectivity index (χ3n) is 2.89. The lowest BCUT2D eigenvalue weighted by Crippen LogP contribution is -2.13. The van der Waals surface area contributed by atoms with Crippen LogP contribution in [0.1, 0.15) is 10.4 Å². The Morgan fingerprint density at radius 1 is 1.05 bits per heavy atom. The number of carbonyl (C=O) groups is 1. The first-order chi connectivity index (χ1) is 9.91. The van der Waals surface area contributed by atoms with Crippen molar-refractivity contribution in [3.63, 3.8) is 0 Å². The molecule has 21 heavy (non-hydrogen) atoms. The average molecular weight is 305 g/mol. The molecule has 0 radical (unpaired) electrons. The van der Waals surface area contributed by atoms with E-state index in [1.54, 1.807) is 36.4 Å². The van der Waals surface area contributed by atoms with E-state index in [0.29, 0.717) is 17.0 Å². The van der Waals surface area contributed by atoms with Crippen LogP contribution in [0.2, 0.25) is 0 Å². The Hall–Kier alpha value is -2.34. The van der Waals surface area contributed by atoms with Crippen LogP contribution in [0.15, 0.2) is 53.4 Å². The van der Waals surface area contributed by atoms with Crippen LogP contribution in [0.25, 0.3) is 0 Å². The number of rotatable bonds is 4. The average Bonchev–Trinajstić information content (AvgIpc) is 2.46. The van der Waals surface area contributed by atoms with Crippen LogP contribution >= 0.6 is 0 Å². The summed E-state index contributed by atoms with van der Waals surface area (Å²) >= 11 is 0. The summed E-state index contributed by atoms with van der Waals surface area (Å²) in [7, 11) is -1.75. The minimum absolute atomic E-state index is 0.206. The molecule has 0 atom stereocenters. The van der Waals surface area contributed by atoms with Gasteiger partial charge < -0.3 is 10.1 Å². The van der Waals surface area contributed by atoms with E-state index in [2.05, 4.69) is 5.32 Å². The Balaban J connectivity index is 2.20. The Morgan fingerprint density at radius 3 is 2.24 bits per heavy atom. The molecule has 0 aliphatic rings. The number of nitrogens with one attached hydrogen (secondary N) is 1. The van der Waals surface area contributed by atoms with Gasteiger partial charge in [-0.05, 0) is 36.4 Å². The summed E-state index contributed by atoms with van der Waals surface area (Å²) in [5, 5.41) is 2.70. The van der Waals surface area contributed by atoms with E-state index >= 15 is 0 Å². The SMILES string of the molecule is COc1ccccc1C(=O)Nc1ccc(S(C)(=O)=O)cc1. The molecule has 0 saturated heterocycles. The topological polar surface area (TPSA) is 72.5 Å². The number of para-hydroxylation sites is 1. The largest absolute Gasteiger partial charge is 0.496 e. The molecule has 0 aromatic heterocycles. The van der Waals surface area contributed by atoms with E-state index < -0.39 is 9.84 Å². The highest BCUT2D eigenvalue weighted by Gasteiger charge is 2.12. The maximum Gasteiger partial charge on any atom is 0.259 e. The highest BCUT2D eigenvalue weighted by molar-refractivity contribution is 7.90. The molecule has 6 heteroatoms. The molecule has 2 rings (SSSR count). The zero-order chi connectivity index (χ0) is 15.5. The number of hydrogen-bond acceptors (Lipinski definition) is 4. The van der Waals surface area contributed by atoms with Crippen LogP contribution in [-0.4, -0.2) is 27.7 Å². The van der Waals surface area contributed by atoms with Crippen molar-refractivity contribution in [3.05, 3.63) is 54.1 Å². The highest BCUT2D eigenvalue weighted by atomic mass is 32.2. The molecule has 2 aromatic rings. The minimum Gasteiger partial charge on any atom is -0.496 e. The van der Waals surface area contributed by atoms with Crippen LogP contribution in [0.3, 0.4) is 0 Å². The van der Waals surface area contributed by atoms with Gasteiger partial charge in [-0.15, -0.1) is 0 Å². The molecule has 2 aromatic carbocycles. The molecular formula is C15H15NO4S. The van der Waals surface area contributed by atoms with Gasteiger partial charge in [-0.25, -0.2) is 8.42 Å². The van der Waals surface area contributed by atoms with E-state index in [1.807, 2.05) is 0 Å². The first-order valence-electron chi connectivity index (χ1n) is 6.16. The monoisotopic (exact) mass is 305 g/mol. The lowest BCUT2D eigenvalue weighted by atomic mass is 10.2. The van der Waals surface area contributed by atoms with Crippen LogP contribution < -0.4 is 10.1 Å². The lowest BCUT2D eigenvalue weighted by Gasteiger charge is -2.09. The third kappa shape index (κ3) is 3.61. The van der Waals surface area contributed by atoms with Gasteiger partial charge in [0.05, 0.1) is 17.6 Å². The molecule has 0 heterocycles. The number of ether oxygens (including phenoxy) is 1. The van der Waals surface area contributed by atoms with E-state index in [1.165, 1.54) is 19.2 Å². The van der Waals surface area contributed by atoms with Crippen LogP contribution in [-0.2, 0) is 9.84 Å². The van der Waals surface area contributed by atoms with Gasteiger partial charge in [-0.3, -0.25) is 4.79 Å². The van der Waals surface area contributed by atoms with Crippen molar-refractivity contribution in [2.24, 2.45) is 0 Å². The molecule has 0 fully saturated rings. The van der Waals surface area contributed by atoms with Gasteiger partial charge in [0.15, 0.2) is 9.84 Å². The number of anilines is 1. The standard InChI is InChI=1S/C15H15NO4S/c1-20-14-6-4-3-5-13(14)15(17)16-11-7-9-12(10-8-11)21(2,18)19/h3-10H,1-2H3,(H,16,17). The molecule has 0 spiro atoms. The van der Waals surface area contributed by atoms with E-state index in [0.717, 1.165) is 6.26 Å². The Labute approximate surface area is 123 Å². The van der Waals surface area contributed by atoms with Crippen molar-refractivity contribution < 1.29 is 17.9 Å². The van der Waals surface area contributed by atoms with E-state index in [4.69, 9.17) is 4.74 Å². The van der Waals surface area contributed by atoms with Crippen molar-refractivity contribution in [1.29, 1.82) is 0 Å². The van der Waals surface area contributed by atoms with Crippen LogP contribution in [0.5, 0.6) is 5.75 Å². The highest BCUT2D eigenvalue weighted by Crippen LogP contribution is 2.20. The molecule has 0 aliphatic carbocycles. The van der Waals surface area contributed by atoms with Crippen molar-refractivity contribution >= 4 is 21.4 Å². The molecule has 0 saturated carbocycles. The molecule has 0 aliphatic heterocycles. The summed E-state index contributed by atoms with van der Waals surface area (Å²) in [5.74, 6) is 0.155. The Kier molecular flexibility index (Phi) is 4.28. The Bertz CT molecular complexity index is 751. The minimum atomic E-state index is -3.24. The molecule has 0 unspecified atom stereocenters. The van der Waals surface area contributed by atoms with Crippen LogP contribution in [0, 0.1) is 0 Å². The second kappa shape index (κ2) is 5.97. The predicted octanol–water partition coefficient (Wildman–Crippen LogP) is 2.35. The smallest absolute Gasteiger partial charge is 0.259 e. The van der Waals surface area contributed by atoms with Gasteiger partial charge in [0.25, 0.3) is 5.91 Å². The number of methoxy groups -OCH3 is 1. The van der Waals surface area contributed by atoms with E-state index in [-0.39, 0.29) is 10.8 Å². The van der Waals surface area contributed by atoms with Gasteiger partial charge in [0.1, 0.15) is 5.75 Å². The zero-order valence-electron chi connectivity index (χ0n) is 11.7. The molecule has 1 N–H and O–H groups in total. The fourth-order valence-electron chi connectivity index (χ4n) is 1.82. The summed E-state index contributed by atoms with van der Waals surface area (Å²) in [4.78, 5) is 12.4. The lowest BCUT2D eigenvalue weighted by molar-refractivity contribution is 0.102. The van der Waals surface area contributed by atoms with Gasteiger partial charge >= 0.3 is 0 Å². The first-order valence-corrected chi connectivity index (χ1v) is 8.05. The quantitative estimate of drug-likeness (QED) is 0.941. The number of amides is 1. The maximum atomic E-state index is 12.2. The molecule has 5 nitrogen and oxygen atoms in total. The second-order valence-corrected chi connectivity index (χ2v) is 6.47. The summed E-state index contributed by atoms with van der Waals surface area (Å²) in [5.41, 5.74) is 0.922. The van der Waals surface area contributed by atoms with Gasteiger partial charge in [-0.1, -0.05) is 12.1 Å². The van der Waals surface area contributed by atoms with E-state index in [9.17, 15) is 13.2 Å². The summed E-state index contributed by atoms with van der Waals surface area (Å²) in [6.07, 6.45) is 1.13. The normalized spacial score (nSPS) is 11.0. The van der Waals surface area contributed by atoms with Crippen molar-refractivity contribution in [3.8, 4) is 5.75 Å². The van der Waals surface area contributed by atoms with Crippen LogP contribution in [0.4, 0.5) is 5.69 Å². The summed E-state index contributed by atoms with van der Waals surface area (Å²) in [6, 6.07) is 12.9. The molecule has 0 bridgehead atoms. The Morgan fingerprint density at radius 2 is 1.67 bits per heavy atom. The van der Waals surface area contributed by atoms with Gasteiger partial charge in [0, 0.05) is 11.9 Å². The van der Waals surface area contributed by atoms with Gasteiger partial charge in [0.2, 0.25) is 0 Å². The zero-order valence-corrected chi connectivity index (χ0v) is 12.5. The molecule has 110 valence electrons. The fraction of sp³-hybridized carbons (Fsp3) is 0.133. The fourth-order valence-corrected chi connectivity index (χ4v) is 2.45. The van der Waals surface area contributed by atoms with Crippen molar-refractivity contribution in [2.75, 3.05) is 18.7 Å². The third-order valence-corrected chi connectivity index (χ3v) is 4.02. The number of hydrogen-bond donors (Lipinski definition) is 1. The summed E-state index contributed by atoms with van der Waals surface area (Å²) in [6.45, 7) is 0. The number of sulfone groups is 1. The van der Waals surface area contributed by atoms with Crippen molar-refractivity contribution in [2.45, 2.75) is 4.90 Å². The number of carbonyl (C=O) groups excluding carboxylic acids is 1. The molecular weight excluding hydrogens is 290 g/mol. The van der Waals surface area contributed by atoms with Gasteiger partial charge in [-0.2, -0.15) is 0 Å². The summed E-state index contributed by atoms with van der Waals surface area (Å²) < 4.78 is 27.9. The molecule has 1 amide bonds. The predicted molar refractivity (Wildman–Crippen MR) is 80.5 cm³/mol.